The van der Waals surface area contributed by atoms with E-state index in [9.17, 15) is 4.79 Å². The molecule has 1 aromatic carbocycles. The van der Waals surface area contributed by atoms with Crippen LogP contribution in [0, 0.1) is 0 Å². The highest BCUT2D eigenvalue weighted by Gasteiger charge is 2.29. The number of carbonyl (C=O) groups excluding carboxylic acids is 1. The van der Waals surface area contributed by atoms with Crippen LogP contribution in [0.3, 0.4) is 0 Å². The van der Waals surface area contributed by atoms with Gasteiger partial charge >= 0.3 is 0 Å². The summed E-state index contributed by atoms with van der Waals surface area (Å²) in [5.74, 6) is 2.05. The molecule has 0 saturated heterocycles. The number of benzene rings is 1. The van der Waals surface area contributed by atoms with Gasteiger partial charge in [-0.25, -0.2) is 0 Å². The van der Waals surface area contributed by atoms with E-state index < -0.39 is 0 Å². The van der Waals surface area contributed by atoms with Crippen LogP contribution >= 0.6 is 0 Å². The number of hydrogen-bond acceptors (Lipinski definition) is 4. The quantitative estimate of drug-likeness (QED) is 0.936. The number of nitrogens with one attached hydrogen (secondary N) is 1. The zero-order valence-electron chi connectivity index (χ0n) is 12.2. The van der Waals surface area contributed by atoms with Crippen molar-refractivity contribution in [1.82, 2.24) is 9.78 Å². The van der Waals surface area contributed by atoms with Crippen molar-refractivity contribution in [2.75, 3.05) is 19.5 Å². The van der Waals surface area contributed by atoms with Crippen molar-refractivity contribution in [2.45, 2.75) is 12.3 Å². The van der Waals surface area contributed by atoms with Crippen LogP contribution in [0.1, 0.15) is 23.5 Å². The zero-order chi connectivity index (χ0) is 15.0. The summed E-state index contributed by atoms with van der Waals surface area (Å²) < 4.78 is 12.3. The summed E-state index contributed by atoms with van der Waals surface area (Å²) in [4.78, 5) is 11.9. The van der Waals surface area contributed by atoms with Gasteiger partial charge in [0.1, 0.15) is 5.82 Å². The van der Waals surface area contributed by atoms with Crippen LogP contribution in [-0.4, -0.2) is 29.9 Å². The molecule has 0 fully saturated rings. The summed E-state index contributed by atoms with van der Waals surface area (Å²) >= 11 is 0. The Balaban J connectivity index is 2.06. The molecule has 0 radical (unpaired) electrons. The summed E-state index contributed by atoms with van der Waals surface area (Å²) in [6.45, 7) is 0. The number of carbonyl (C=O) groups is 1. The van der Waals surface area contributed by atoms with Crippen molar-refractivity contribution in [3.05, 3.63) is 35.5 Å². The lowest BCUT2D eigenvalue weighted by atomic mass is 9.87. The molecule has 0 saturated carbocycles. The fourth-order valence-electron chi connectivity index (χ4n) is 2.71. The van der Waals surface area contributed by atoms with Crippen molar-refractivity contribution in [2.24, 2.45) is 7.05 Å². The van der Waals surface area contributed by atoms with Crippen molar-refractivity contribution in [1.29, 1.82) is 0 Å². The van der Waals surface area contributed by atoms with Crippen LogP contribution in [0.4, 0.5) is 5.82 Å². The Hall–Kier alpha value is -2.50. The van der Waals surface area contributed by atoms with E-state index in [2.05, 4.69) is 10.4 Å². The second-order valence-corrected chi connectivity index (χ2v) is 4.99. The number of rotatable bonds is 3. The third-order valence-electron chi connectivity index (χ3n) is 3.80. The summed E-state index contributed by atoms with van der Waals surface area (Å²) in [6.07, 6.45) is 2.20. The molecule has 21 heavy (non-hydrogen) atoms. The predicted molar refractivity (Wildman–Crippen MR) is 77.8 cm³/mol. The Morgan fingerprint density at radius 3 is 2.76 bits per heavy atom. The molecule has 0 spiro atoms. The molecule has 0 aliphatic carbocycles. The smallest absolute Gasteiger partial charge is 0.226 e. The molecule has 1 atom stereocenters. The molecule has 2 aromatic rings. The largest absolute Gasteiger partial charge is 0.493 e. The highest BCUT2D eigenvalue weighted by molar-refractivity contribution is 5.94. The summed E-state index contributed by atoms with van der Waals surface area (Å²) in [5, 5.41) is 7.10. The van der Waals surface area contributed by atoms with Crippen molar-refractivity contribution in [3.63, 3.8) is 0 Å². The maximum atomic E-state index is 11.9. The highest BCUT2D eigenvalue weighted by Crippen LogP contribution is 2.39. The van der Waals surface area contributed by atoms with Crippen LogP contribution < -0.4 is 14.8 Å². The SMILES string of the molecule is COc1ccc(C2CC(=O)Nc3c2cnn3C)cc1OC. The van der Waals surface area contributed by atoms with Crippen molar-refractivity contribution < 1.29 is 14.3 Å². The number of ether oxygens (including phenoxy) is 2. The zero-order valence-corrected chi connectivity index (χ0v) is 12.2. The Kier molecular flexibility index (Phi) is 3.29. The fourth-order valence-corrected chi connectivity index (χ4v) is 2.71. The van der Waals surface area contributed by atoms with Crippen LogP contribution in [0.5, 0.6) is 11.5 Å². The molecular formula is C15H17N3O3. The lowest BCUT2D eigenvalue weighted by Crippen LogP contribution is -2.24. The molecule has 1 N–H and O–H groups in total. The first-order chi connectivity index (χ1) is 10.1. The van der Waals surface area contributed by atoms with Crippen LogP contribution in [0.2, 0.25) is 0 Å². The van der Waals surface area contributed by atoms with E-state index in [-0.39, 0.29) is 11.8 Å². The number of fused-ring (bicyclic) bond motifs is 1. The monoisotopic (exact) mass is 287 g/mol. The Labute approximate surface area is 122 Å². The maximum Gasteiger partial charge on any atom is 0.226 e. The summed E-state index contributed by atoms with van der Waals surface area (Å²) in [5.41, 5.74) is 2.03. The second kappa shape index (κ2) is 5.12. The van der Waals surface area contributed by atoms with Gasteiger partial charge in [0.15, 0.2) is 11.5 Å². The van der Waals surface area contributed by atoms with Gasteiger partial charge < -0.3 is 14.8 Å². The molecule has 1 aliphatic heterocycles. The van der Waals surface area contributed by atoms with Crippen LogP contribution in [-0.2, 0) is 11.8 Å². The third-order valence-corrected chi connectivity index (χ3v) is 3.80. The van der Waals surface area contributed by atoms with Gasteiger partial charge in [0.25, 0.3) is 0 Å². The third kappa shape index (κ3) is 2.22. The van der Waals surface area contributed by atoms with Gasteiger partial charge in [-0.1, -0.05) is 6.07 Å². The predicted octanol–water partition coefficient (Wildman–Crippen LogP) is 1.91. The molecule has 2 heterocycles. The Bertz CT molecular complexity index is 693. The van der Waals surface area contributed by atoms with E-state index in [1.165, 1.54) is 0 Å². The normalized spacial score (nSPS) is 17.1. The topological polar surface area (TPSA) is 65.4 Å². The first-order valence-corrected chi connectivity index (χ1v) is 6.67. The van der Waals surface area contributed by atoms with E-state index >= 15 is 0 Å². The number of anilines is 1. The number of aromatic nitrogens is 2. The fraction of sp³-hybridized carbons (Fsp3) is 0.333. The molecule has 1 aromatic heterocycles. The van der Waals surface area contributed by atoms with Gasteiger partial charge in [-0.3, -0.25) is 9.48 Å². The lowest BCUT2D eigenvalue weighted by molar-refractivity contribution is -0.116. The summed E-state index contributed by atoms with van der Waals surface area (Å²) in [6, 6.07) is 5.73. The van der Waals surface area contributed by atoms with Gasteiger partial charge in [-0.2, -0.15) is 5.10 Å². The summed E-state index contributed by atoms with van der Waals surface area (Å²) in [7, 11) is 5.02. The highest BCUT2D eigenvalue weighted by atomic mass is 16.5. The minimum Gasteiger partial charge on any atom is -0.493 e. The lowest BCUT2D eigenvalue weighted by Gasteiger charge is -2.23. The number of nitrogens with zero attached hydrogens (tertiary/aromatic N) is 2. The standard InChI is InChI=1S/C15H17N3O3/c1-18-15-11(8-16-18)10(7-14(19)17-15)9-4-5-12(20-2)13(6-9)21-3/h4-6,8,10H,7H2,1-3H3,(H,17,19). The van der Waals surface area contributed by atoms with Crippen LogP contribution in [0.15, 0.2) is 24.4 Å². The molecule has 6 nitrogen and oxygen atoms in total. The first kappa shape index (κ1) is 13.5. The number of methoxy groups -OCH3 is 2. The Morgan fingerprint density at radius 1 is 1.29 bits per heavy atom. The molecule has 110 valence electrons. The van der Waals surface area contributed by atoms with E-state index in [1.54, 1.807) is 25.1 Å². The van der Waals surface area contributed by atoms with Gasteiger partial charge in [-0.15, -0.1) is 0 Å². The average Bonchev–Trinajstić information content (AvgIpc) is 2.87. The van der Waals surface area contributed by atoms with E-state index in [0.717, 1.165) is 16.9 Å². The van der Waals surface area contributed by atoms with Crippen molar-refractivity contribution >= 4 is 11.7 Å². The van der Waals surface area contributed by atoms with Gasteiger partial charge in [0.05, 0.1) is 20.4 Å². The maximum absolute atomic E-state index is 11.9. The average molecular weight is 287 g/mol. The molecule has 0 bridgehead atoms. The number of amides is 1. The minimum absolute atomic E-state index is 0.00844. The molecule has 1 aliphatic rings. The first-order valence-electron chi connectivity index (χ1n) is 6.67. The molecule has 3 rings (SSSR count). The number of aryl methyl sites for hydroxylation is 1. The Morgan fingerprint density at radius 2 is 2.05 bits per heavy atom. The second-order valence-electron chi connectivity index (χ2n) is 4.99. The molecule has 1 amide bonds. The van der Waals surface area contributed by atoms with E-state index in [0.29, 0.717) is 17.9 Å². The van der Waals surface area contributed by atoms with E-state index in [4.69, 9.17) is 9.47 Å². The van der Waals surface area contributed by atoms with Gasteiger partial charge in [0.2, 0.25) is 5.91 Å². The number of hydrogen-bond donors (Lipinski definition) is 1. The molecular weight excluding hydrogens is 270 g/mol. The molecule has 6 heteroatoms. The minimum atomic E-state index is -0.0257. The van der Waals surface area contributed by atoms with Gasteiger partial charge in [0, 0.05) is 24.9 Å². The van der Waals surface area contributed by atoms with E-state index in [1.807, 2.05) is 25.2 Å². The van der Waals surface area contributed by atoms with Crippen LogP contribution in [0.25, 0.3) is 0 Å². The molecule has 1 unspecified atom stereocenters. The van der Waals surface area contributed by atoms with Crippen molar-refractivity contribution in [3.8, 4) is 11.5 Å². The van der Waals surface area contributed by atoms with Gasteiger partial charge in [-0.05, 0) is 17.7 Å².